The second-order valence-corrected chi connectivity index (χ2v) is 3.28. The van der Waals surface area contributed by atoms with Gasteiger partial charge in [-0.3, -0.25) is 0 Å². The summed E-state index contributed by atoms with van der Waals surface area (Å²) in [6.07, 6.45) is 5.01. The zero-order valence-corrected chi connectivity index (χ0v) is 8.05. The second-order valence-electron chi connectivity index (χ2n) is 2.87. The highest BCUT2D eigenvalue weighted by Gasteiger charge is 2.03. The van der Waals surface area contributed by atoms with Crippen molar-refractivity contribution in [3.8, 4) is 6.07 Å². The number of fused-ring (bicyclic) bond motifs is 1. The fourth-order valence-electron chi connectivity index (χ4n) is 1.42. The van der Waals surface area contributed by atoms with Crippen molar-refractivity contribution in [3.05, 3.63) is 41.1 Å². The molecule has 1 aromatic carbocycles. The number of halogens is 1. The minimum absolute atomic E-state index is 0.696. The van der Waals surface area contributed by atoms with Crippen LogP contribution in [0.5, 0.6) is 0 Å². The van der Waals surface area contributed by atoms with E-state index >= 15 is 0 Å². The molecule has 0 unspecified atom stereocenters. The van der Waals surface area contributed by atoms with Crippen LogP contribution in [0.25, 0.3) is 17.0 Å². The molecule has 2 aromatic rings. The van der Waals surface area contributed by atoms with E-state index in [-0.39, 0.29) is 0 Å². The van der Waals surface area contributed by atoms with Crippen LogP contribution in [0, 0.1) is 11.3 Å². The van der Waals surface area contributed by atoms with Gasteiger partial charge >= 0.3 is 0 Å². The van der Waals surface area contributed by atoms with Gasteiger partial charge in [0.15, 0.2) is 0 Å². The molecular formula is C11H7ClN2. The molecule has 0 saturated heterocycles. The van der Waals surface area contributed by atoms with Crippen molar-refractivity contribution < 1.29 is 0 Å². The highest BCUT2D eigenvalue weighted by molar-refractivity contribution is 6.36. The molecule has 1 heterocycles. The van der Waals surface area contributed by atoms with Crippen molar-refractivity contribution in [2.75, 3.05) is 0 Å². The van der Waals surface area contributed by atoms with Gasteiger partial charge < -0.3 is 4.98 Å². The Hall–Kier alpha value is -1.72. The Balaban J connectivity index is 2.68. The Morgan fingerprint density at radius 2 is 2.29 bits per heavy atom. The first kappa shape index (κ1) is 8.86. The highest BCUT2D eigenvalue weighted by Crippen LogP contribution is 2.27. The number of H-pyrrole nitrogens is 1. The summed E-state index contributed by atoms with van der Waals surface area (Å²) in [6, 6.07) is 7.62. The molecule has 68 valence electrons. The van der Waals surface area contributed by atoms with Gasteiger partial charge in [-0.05, 0) is 18.2 Å². The Morgan fingerprint density at radius 3 is 3.07 bits per heavy atom. The summed E-state index contributed by atoms with van der Waals surface area (Å²) in [5, 5.41) is 10.1. The number of nitrogens with one attached hydrogen (secondary N) is 1. The summed E-state index contributed by atoms with van der Waals surface area (Å²) in [5.74, 6) is 0. The molecule has 0 atom stereocenters. The average molecular weight is 203 g/mol. The van der Waals surface area contributed by atoms with E-state index in [1.54, 1.807) is 6.08 Å². The topological polar surface area (TPSA) is 39.6 Å². The molecule has 0 amide bonds. The van der Waals surface area contributed by atoms with Crippen LogP contribution >= 0.6 is 11.6 Å². The molecule has 0 aliphatic heterocycles. The average Bonchev–Trinajstić information content (AvgIpc) is 2.59. The van der Waals surface area contributed by atoms with Gasteiger partial charge in [0, 0.05) is 28.7 Å². The fraction of sp³-hybridized carbons (Fsp3) is 0. The quantitative estimate of drug-likeness (QED) is 0.708. The number of hydrogen-bond donors (Lipinski definition) is 1. The summed E-state index contributed by atoms with van der Waals surface area (Å²) < 4.78 is 0. The number of nitrogens with zero attached hydrogens (tertiary/aromatic N) is 1. The van der Waals surface area contributed by atoms with E-state index in [9.17, 15) is 0 Å². The third kappa shape index (κ3) is 1.39. The van der Waals surface area contributed by atoms with Crippen molar-refractivity contribution in [1.29, 1.82) is 5.26 Å². The zero-order valence-electron chi connectivity index (χ0n) is 7.29. The molecule has 0 bridgehead atoms. The zero-order chi connectivity index (χ0) is 9.97. The minimum atomic E-state index is 0.696. The van der Waals surface area contributed by atoms with Gasteiger partial charge in [-0.2, -0.15) is 5.26 Å². The van der Waals surface area contributed by atoms with Crippen molar-refractivity contribution in [2.45, 2.75) is 0 Å². The number of allylic oxidation sites excluding steroid dienone is 1. The van der Waals surface area contributed by atoms with E-state index in [2.05, 4.69) is 4.98 Å². The van der Waals surface area contributed by atoms with Gasteiger partial charge in [-0.1, -0.05) is 17.7 Å². The second kappa shape index (κ2) is 3.57. The lowest BCUT2D eigenvalue weighted by molar-refractivity contribution is 1.47. The molecule has 0 fully saturated rings. The number of rotatable bonds is 1. The molecule has 0 radical (unpaired) electrons. The molecule has 0 saturated carbocycles. The molecule has 0 aliphatic rings. The molecule has 0 spiro atoms. The standard InChI is InChI=1S/C11H7ClN2/c12-9-4-1-5-10-11(9)8(7-14-10)3-2-6-13/h1-5,7,14H. The number of nitriles is 1. The first-order chi connectivity index (χ1) is 6.83. The fourth-order valence-corrected chi connectivity index (χ4v) is 1.71. The summed E-state index contributed by atoms with van der Waals surface area (Å²) in [6.45, 7) is 0. The van der Waals surface area contributed by atoms with Crippen molar-refractivity contribution in [2.24, 2.45) is 0 Å². The van der Waals surface area contributed by atoms with E-state index in [0.717, 1.165) is 16.5 Å². The molecule has 3 heteroatoms. The van der Waals surface area contributed by atoms with Gasteiger partial charge in [0.25, 0.3) is 0 Å². The summed E-state index contributed by atoms with van der Waals surface area (Å²) in [7, 11) is 0. The lowest BCUT2D eigenvalue weighted by Gasteiger charge is -1.94. The largest absolute Gasteiger partial charge is 0.361 e. The summed E-state index contributed by atoms with van der Waals surface area (Å²) in [4.78, 5) is 3.09. The lowest BCUT2D eigenvalue weighted by Crippen LogP contribution is -1.70. The van der Waals surface area contributed by atoms with Crippen LogP contribution in [-0.4, -0.2) is 4.98 Å². The van der Waals surface area contributed by atoms with E-state index in [1.807, 2.05) is 30.5 Å². The van der Waals surface area contributed by atoms with Crippen molar-refractivity contribution in [3.63, 3.8) is 0 Å². The maximum atomic E-state index is 8.43. The molecule has 2 rings (SSSR count). The van der Waals surface area contributed by atoms with Crippen LogP contribution in [0.4, 0.5) is 0 Å². The smallest absolute Gasteiger partial charge is 0.0912 e. The number of benzene rings is 1. The third-order valence-electron chi connectivity index (χ3n) is 2.02. The first-order valence-corrected chi connectivity index (χ1v) is 4.52. The van der Waals surface area contributed by atoms with E-state index in [1.165, 1.54) is 6.08 Å². The number of hydrogen-bond acceptors (Lipinski definition) is 1. The van der Waals surface area contributed by atoms with Crippen LogP contribution in [0.3, 0.4) is 0 Å². The molecular weight excluding hydrogens is 196 g/mol. The van der Waals surface area contributed by atoms with Gasteiger partial charge in [0.2, 0.25) is 0 Å². The molecule has 2 nitrogen and oxygen atoms in total. The Bertz CT molecular complexity index is 532. The van der Waals surface area contributed by atoms with Crippen LogP contribution < -0.4 is 0 Å². The Morgan fingerprint density at radius 1 is 1.43 bits per heavy atom. The predicted octanol–water partition coefficient (Wildman–Crippen LogP) is 3.36. The van der Waals surface area contributed by atoms with Gasteiger partial charge in [0.05, 0.1) is 11.1 Å². The Labute approximate surface area is 86.4 Å². The van der Waals surface area contributed by atoms with Gasteiger partial charge in [-0.25, -0.2) is 0 Å². The molecule has 14 heavy (non-hydrogen) atoms. The van der Waals surface area contributed by atoms with Crippen LogP contribution in [0.15, 0.2) is 30.5 Å². The SMILES string of the molecule is N#CC=Cc1c[nH]c2cccc(Cl)c12. The first-order valence-electron chi connectivity index (χ1n) is 4.14. The number of aromatic amines is 1. The van der Waals surface area contributed by atoms with Crippen LogP contribution in [0.2, 0.25) is 5.02 Å². The normalized spacial score (nSPS) is 10.9. The van der Waals surface area contributed by atoms with E-state index < -0.39 is 0 Å². The maximum absolute atomic E-state index is 8.43. The molecule has 1 aromatic heterocycles. The van der Waals surface area contributed by atoms with E-state index in [0.29, 0.717) is 5.02 Å². The maximum Gasteiger partial charge on any atom is 0.0912 e. The highest BCUT2D eigenvalue weighted by atomic mass is 35.5. The monoisotopic (exact) mass is 202 g/mol. The lowest BCUT2D eigenvalue weighted by atomic mass is 10.1. The predicted molar refractivity (Wildman–Crippen MR) is 58.0 cm³/mol. The van der Waals surface area contributed by atoms with Gasteiger partial charge in [-0.15, -0.1) is 0 Å². The van der Waals surface area contributed by atoms with Crippen LogP contribution in [-0.2, 0) is 0 Å². The van der Waals surface area contributed by atoms with Gasteiger partial charge in [0.1, 0.15) is 0 Å². The van der Waals surface area contributed by atoms with Crippen molar-refractivity contribution >= 4 is 28.6 Å². The Kier molecular flexibility index (Phi) is 2.26. The summed E-state index contributed by atoms with van der Waals surface area (Å²) >= 11 is 6.05. The van der Waals surface area contributed by atoms with Crippen molar-refractivity contribution in [1.82, 2.24) is 4.98 Å². The molecule has 0 aliphatic carbocycles. The number of aromatic nitrogens is 1. The molecule has 1 N–H and O–H groups in total. The van der Waals surface area contributed by atoms with E-state index in [4.69, 9.17) is 16.9 Å². The summed E-state index contributed by atoms with van der Waals surface area (Å²) in [5.41, 5.74) is 1.92. The third-order valence-corrected chi connectivity index (χ3v) is 2.34. The minimum Gasteiger partial charge on any atom is -0.361 e. The van der Waals surface area contributed by atoms with Crippen LogP contribution in [0.1, 0.15) is 5.56 Å².